The van der Waals surface area contributed by atoms with Crippen LogP contribution in [-0.2, 0) is 4.74 Å². The van der Waals surface area contributed by atoms with Crippen LogP contribution in [0.15, 0.2) is 6.20 Å². The number of hydrogen-bond donors (Lipinski definition) is 2. The number of hydrogen-bond acceptors (Lipinski definition) is 8. The van der Waals surface area contributed by atoms with E-state index < -0.39 is 11.7 Å². The van der Waals surface area contributed by atoms with Gasteiger partial charge in [-0.25, -0.2) is 14.3 Å². The van der Waals surface area contributed by atoms with E-state index in [9.17, 15) is 9.90 Å². The summed E-state index contributed by atoms with van der Waals surface area (Å²) in [5, 5.41) is 17.0. The number of carbonyl (C=O) groups is 1. The van der Waals surface area contributed by atoms with Crippen LogP contribution in [0.2, 0.25) is 1.41 Å². The summed E-state index contributed by atoms with van der Waals surface area (Å²) in [5.74, 6) is 0.111. The molecular weight excluding hydrogens is 446 g/mol. The third-order valence-corrected chi connectivity index (χ3v) is 6.03. The fourth-order valence-electron chi connectivity index (χ4n) is 4.35. The fourth-order valence-corrected chi connectivity index (χ4v) is 4.35. The summed E-state index contributed by atoms with van der Waals surface area (Å²) in [5.41, 5.74) is 0.247. The Bertz CT molecular complexity index is 1040. The molecule has 0 spiro atoms. The Morgan fingerprint density at radius 3 is 2.86 bits per heavy atom. The van der Waals surface area contributed by atoms with Crippen LogP contribution in [0, 0.1) is 11.8 Å². The molecular formula is C23H37B2N6O4. The summed E-state index contributed by atoms with van der Waals surface area (Å²) in [6, 6.07) is 0.104. The van der Waals surface area contributed by atoms with Gasteiger partial charge in [-0.05, 0) is 58.8 Å². The zero-order valence-electron chi connectivity index (χ0n) is 22.6. The third kappa shape index (κ3) is 6.80. The average molecular weight is 484 g/mol. The van der Waals surface area contributed by atoms with Crippen molar-refractivity contribution >= 4 is 32.5 Å². The van der Waals surface area contributed by atoms with Crippen LogP contribution >= 0.6 is 0 Å². The van der Waals surface area contributed by atoms with E-state index in [1.54, 1.807) is 11.1 Å². The maximum absolute atomic E-state index is 12.5. The fraction of sp³-hybridized carbons (Fsp3) is 0.739. The monoisotopic (exact) mass is 484 g/mol. The van der Waals surface area contributed by atoms with Crippen LogP contribution in [0.3, 0.4) is 0 Å². The second-order valence-corrected chi connectivity index (χ2v) is 10.2. The molecule has 3 rings (SSSR count). The zero-order valence-corrected chi connectivity index (χ0v) is 21.6. The van der Waals surface area contributed by atoms with Crippen LogP contribution in [0.5, 0.6) is 6.01 Å². The van der Waals surface area contributed by atoms with Gasteiger partial charge < -0.3 is 24.8 Å². The van der Waals surface area contributed by atoms with Gasteiger partial charge in [0.1, 0.15) is 11.7 Å². The molecule has 1 saturated heterocycles. The molecule has 10 nitrogen and oxygen atoms in total. The molecule has 0 bridgehead atoms. The van der Waals surface area contributed by atoms with E-state index in [-0.39, 0.29) is 42.3 Å². The van der Waals surface area contributed by atoms with Gasteiger partial charge in [-0.3, -0.25) is 0 Å². The summed E-state index contributed by atoms with van der Waals surface area (Å²) >= 11 is 0. The molecule has 1 aliphatic heterocycles. The first-order valence-electron chi connectivity index (χ1n) is 12.8. The molecule has 2 aromatic heterocycles. The lowest BCUT2D eigenvalue weighted by Crippen LogP contribution is -2.46. The largest absolute Gasteiger partial charge is 0.459 e. The number of rotatable bonds is 9. The lowest BCUT2D eigenvalue weighted by molar-refractivity contribution is -0.00931. The van der Waals surface area contributed by atoms with E-state index in [4.69, 9.17) is 18.6 Å². The standard InChI is InChI=1S/C23H37B2N6O4/c1-7-8-15(3)34-21-28-19(27-13-25-24)20-26-11-17(31(20)29-21)18(32)16-9-10-30(12-14(16)2)22(33)35-23(4,5)6/h11,14-16,18,32H,7-10,12-13H2,1-6H3,(H,27,28,29)/t14?,15-,16?,18?/m0/s1/i/hD. The number of aliphatic hydroxyl groups excluding tert-OH is 1. The Labute approximate surface area is 211 Å². The minimum absolute atomic E-state index is 0.00735. The number of fused-ring (bicyclic) bond motifs is 1. The lowest BCUT2D eigenvalue weighted by Gasteiger charge is -2.39. The van der Waals surface area contributed by atoms with Crippen molar-refractivity contribution in [2.45, 2.75) is 78.6 Å². The number of imidazole rings is 1. The van der Waals surface area contributed by atoms with Crippen molar-refractivity contribution in [2.75, 3.05) is 24.8 Å². The van der Waals surface area contributed by atoms with Gasteiger partial charge in [0.05, 0.1) is 25.2 Å². The Balaban J connectivity index is 1.88. The first kappa shape index (κ1) is 25.6. The normalized spacial score (nSPS) is 20.8. The molecule has 3 unspecified atom stereocenters. The van der Waals surface area contributed by atoms with Crippen molar-refractivity contribution in [1.82, 2.24) is 24.5 Å². The maximum atomic E-state index is 12.5. The van der Waals surface area contributed by atoms with Gasteiger partial charge >= 0.3 is 12.1 Å². The highest BCUT2D eigenvalue weighted by atomic mass is 16.6. The van der Waals surface area contributed by atoms with Crippen molar-refractivity contribution in [1.29, 1.82) is 0 Å². The molecule has 2 aromatic rings. The molecule has 1 amide bonds. The molecule has 1 aliphatic rings. The first-order chi connectivity index (χ1) is 16.9. The summed E-state index contributed by atoms with van der Waals surface area (Å²) in [6.45, 7) is 12.5. The molecule has 3 heterocycles. The molecule has 4 atom stereocenters. The summed E-state index contributed by atoms with van der Waals surface area (Å²) in [7, 11) is 6.89. The van der Waals surface area contributed by atoms with Crippen molar-refractivity contribution in [3.63, 3.8) is 0 Å². The Morgan fingerprint density at radius 1 is 1.49 bits per heavy atom. The SMILES string of the molecule is [2H]N(C[B][B])c1nc(O[C@@H](C)CCC)nn2c(C(O)C3CCN(C(=O)OC(C)(C)C)CC3C)cnc12. The van der Waals surface area contributed by atoms with Gasteiger partial charge in [-0.2, -0.15) is 4.98 Å². The smallest absolute Gasteiger partial charge is 0.410 e. The predicted octanol–water partition coefficient (Wildman–Crippen LogP) is 2.78. The number of ether oxygens (including phenoxy) is 2. The highest BCUT2D eigenvalue weighted by molar-refractivity contribution is 6.89. The van der Waals surface area contributed by atoms with Gasteiger partial charge in [-0.15, -0.1) is 5.10 Å². The Hall–Kier alpha value is -2.49. The van der Waals surface area contributed by atoms with Crippen LogP contribution in [0.4, 0.5) is 10.6 Å². The van der Waals surface area contributed by atoms with E-state index in [2.05, 4.69) is 22.0 Å². The predicted molar refractivity (Wildman–Crippen MR) is 136 cm³/mol. The average Bonchev–Trinajstić information content (AvgIpc) is 3.21. The maximum Gasteiger partial charge on any atom is 0.410 e. The number of nitrogens with zero attached hydrogens (tertiary/aromatic N) is 5. The van der Waals surface area contributed by atoms with E-state index >= 15 is 0 Å². The molecule has 2 N–H and O–H groups in total. The minimum Gasteiger partial charge on any atom is -0.459 e. The molecule has 12 heteroatoms. The van der Waals surface area contributed by atoms with Gasteiger partial charge in [-0.1, -0.05) is 20.3 Å². The number of anilines is 1. The number of aromatic nitrogens is 4. The van der Waals surface area contributed by atoms with Gasteiger partial charge in [0.15, 0.2) is 12.9 Å². The van der Waals surface area contributed by atoms with Crippen molar-refractivity contribution in [3.8, 4) is 6.01 Å². The van der Waals surface area contributed by atoms with Crippen molar-refractivity contribution in [3.05, 3.63) is 11.9 Å². The Morgan fingerprint density at radius 2 is 2.23 bits per heavy atom. The van der Waals surface area contributed by atoms with E-state index in [1.165, 1.54) is 11.7 Å². The van der Waals surface area contributed by atoms with Gasteiger partial charge in [0, 0.05) is 20.8 Å². The molecule has 189 valence electrons. The molecule has 0 aromatic carbocycles. The summed E-state index contributed by atoms with van der Waals surface area (Å²) in [6.07, 6.45) is 2.70. The number of aliphatic hydroxyl groups is 1. The second kappa shape index (κ2) is 11.5. The van der Waals surface area contributed by atoms with E-state index in [1.807, 2.05) is 34.6 Å². The number of carbonyl (C=O) groups excluding carboxylic acids is 1. The molecule has 3 radical (unpaired) electrons. The van der Waals surface area contributed by atoms with E-state index in [0.717, 1.165) is 18.2 Å². The highest BCUT2D eigenvalue weighted by Crippen LogP contribution is 2.35. The number of nitrogens with one attached hydrogen (secondary N) is 1. The van der Waals surface area contributed by atoms with Gasteiger partial charge in [0.25, 0.3) is 0 Å². The third-order valence-electron chi connectivity index (χ3n) is 6.03. The molecule has 0 saturated carbocycles. The van der Waals surface area contributed by atoms with Gasteiger partial charge in [0.2, 0.25) is 0 Å². The topological polar surface area (TPSA) is 114 Å². The first-order valence-corrected chi connectivity index (χ1v) is 12.3. The zero-order chi connectivity index (χ0) is 26.6. The molecule has 1 fully saturated rings. The van der Waals surface area contributed by atoms with Crippen LogP contribution in [0.25, 0.3) is 5.65 Å². The molecule has 0 aliphatic carbocycles. The minimum atomic E-state index is -0.889. The van der Waals surface area contributed by atoms with Crippen LogP contribution in [-0.4, -0.2) is 81.8 Å². The van der Waals surface area contributed by atoms with Crippen LogP contribution in [0.1, 0.15) is 72.6 Å². The summed E-state index contributed by atoms with van der Waals surface area (Å²) in [4.78, 5) is 23.1. The van der Waals surface area contributed by atoms with Crippen molar-refractivity contribution in [2.24, 2.45) is 11.8 Å². The number of amides is 1. The number of likely N-dealkylation sites (tertiary alicyclic amines) is 1. The number of piperidine rings is 1. The summed E-state index contributed by atoms with van der Waals surface area (Å²) < 4.78 is 21.3. The van der Waals surface area contributed by atoms with E-state index in [0.29, 0.717) is 30.9 Å². The van der Waals surface area contributed by atoms with Crippen LogP contribution < -0.4 is 10.0 Å². The second-order valence-electron chi connectivity index (χ2n) is 10.2. The Kier molecular flexibility index (Phi) is 8.41. The lowest BCUT2D eigenvalue weighted by atomic mass is 9.56. The molecule has 35 heavy (non-hydrogen) atoms. The quantitative estimate of drug-likeness (QED) is 0.523. The highest BCUT2D eigenvalue weighted by Gasteiger charge is 2.36. The van der Waals surface area contributed by atoms with Crippen molar-refractivity contribution < 1.29 is 20.8 Å².